The van der Waals surface area contributed by atoms with Gasteiger partial charge in [0, 0.05) is 43.7 Å². The molecule has 2 aromatic heterocycles. The molecule has 0 atom stereocenters. The summed E-state index contributed by atoms with van der Waals surface area (Å²) >= 11 is 1.56. The minimum absolute atomic E-state index is 0.135. The summed E-state index contributed by atoms with van der Waals surface area (Å²) in [4.78, 5) is 21.2. The highest BCUT2D eigenvalue weighted by Gasteiger charge is 2.31. The fraction of sp³-hybridized carbons (Fsp3) is 0.333. The van der Waals surface area contributed by atoms with Gasteiger partial charge in [0.15, 0.2) is 5.76 Å². The van der Waals surface area contributed by atoms with Gasteiger partial charge in [-0.3, -0.25) is 9.69 Å². The molecule has 0 N–H and O–H groups in total. The molecular formula is C21H20F3N3O2S. The predicted octanol–water partition coefficient (Wildman–Crippen LogP) is 4.77. The molecule has 1 fully saturated rings. The van der Waals surface area contributed by atoms with Crippen LogP contribution in [0.15, 0.2) is 51.7 Å². The largest absolute Gasteiger partial charge is 0.451 e. The van der Waals surface area contributed by atoms with Gasteiger partial charge >= 0.3 is 6.18 Å². The molecule has 158 valence electrons. The van der Waals surface area contributed by atoms with Crippen molar-refractivity contribution in [2.45, 2.75) is 19.1 Å². The number of benzene rings is 1. The van der Waals surface area contributed by atoms with E-state index in [1.807, 2.05) is 10.9 Å². The van der Waals surface area contributed by atoms with Gasteiger partial charge in [-0.15, -0.1) is 11.3 Å². The smallest absolute Gasteiger partial charge is 0.416 e. The van der Waals surface area contributed by atoms with Crippen molar-refractivity contribution in [2.75, 3.05) is 26.2 Å². The molecule has 1 amide bonds. The third kappa shape index (κ3) is 4.73. The van der Waals surface area contributed by atoms with E-state index in [2.05, 4.69) is 9.88 Å². The maximum absolute atomic E-state index is 13.0. The topological polar surface area (TPSA) is 49.6 Å². The van der Waals surface area contributed by atoms with E-state index in [0.717, 1.165) is 43.9 Å². The lowest BCUT2D eigenvalue weighted by Crippen LogP contribution is -2.34. The molecule has 4 rings (SSSR count). The molecule has 0 unspecified atom stereocenters. The number of thiazole rings is 1. The minimum Gasteiger partial charge on any atom is -0.451 e. The van der Waals surface area contributed by atoms with Crippen LogP contribution in [0, 0.1) is 0 Å². The minimum atomic E-state index is -4.43. The van der Waals surface area contributed by atoms with Crippen LogP contribution in [0.5, 0.6) is 0 Å². The van der Waals surface area contributed by atoms with Crippen molar-refractivity contribution in [2.24, 2.45) is 0 Å². The van der Waals surface area contributed by atoms with E-state index in [1.165, 1.54) is 24.3 Å². The maximum Gasteiger partial charge on any atom is 0.416 e. The number of furan rings is 1. The first-order valence-corrected chi connectivity index (χ1v) is 10.5. The number of rotatable bonds is 4. The number of nitrogens with zero attached hydrogens (tertiary/aromatic N) is 3. The van der Waals surface area contributed by atoms with Gasteiger partial charge in [0.25, 0.3) is 5.91 Å². The number of amides is 1. The number of hydrogen-bond acceptors (Lipinski definition) is 5. The van der Waals surface area contributed by atoms with Gasteiger partial charge in [0.2, 0.25) is 0 Å². The van der Waals surface area contributed by atoms with E-state index < -0.39 is 11.7 Å². The third-order valence-electron chi connectivity index (χ3n) is 5.04. The lowest BCUT2D eigenvalue weighted by atomic mass is 10.1. The predicted molar refractivity (Wildman–Crippen MR) is 107 cm³/mol. The normalized spacial score (nSPS) is 15.9. The number of halogens is 3. The Labute approximate surface area is 175 Å². The summed E-state index contributed by atoms with van der Waals surface area (Å²) in [7, 11) is 0. The number of carbonyl (C=O) groups excluding carboxylic acids is 1. The molecule has 1 saturated heterocycles. The molecule has 3 aromatic rings. The number of aromatic nitrogens is 1. The Morgan fingerprint density at radius 3 is 2.77 bits per heavy atom. The monoisotopic (exact) mass is 435 g/mol. The Bertz CT molecular complexity index is 1000. The zero-order valence-electron chi connectivity index (χ0n) is 16.1. The fourth-order valence-electron chi connectivity index (χ4n) is 3.49. The molecule has 9 heteroatoms. The Balaban J connectivity index is 1.43. The average Bonchev–Trinajstić information content (AvgIpc) is 3.36. The molecule has 5 nitrogen and oxygen atoms in total. The zero-order valence-corrected chi connectivity index (χ0v) is 16.9. The van der Waals surface area contributed by atoms with Crippen LogP contribution < -0.4 is 0 Å². The SMILES string of the molecule is O=C(c1ccc(-c2cccc(C(F)(F)F)c2)o1)N1CCCN(Cc2cscn2)CC1. The second kappa shape index (κ2) is 8.61. The van der Waals surface area contributed by atoms with Crippen LogP contribution in [0.4, 0.5) is 13.2 Å². The highest BCUT2D eigenvalue weighted by molar-refractivity contribution is 7.07. The Kier molecular flexibility index (Phi) is 5.92. The molecule has 1 aliphatic rings. The van der Waals surface area contributed by atoms with Crippen LogP contribution in [0.2, 0.25) is 0 Å². The summed E-state index contributed by atoms with van der Waals surface area (Å²) in [5.41, 5.74) is 2.37. The molecule has 0 radical (unpaired) electrons. The highest BCUT2D eigenvalue weighted by Crippen LogP contribution is 2.32. The van der Waals surface area contributed by atoms with E-state index in [0.29, 0.717) is 13.1 Å². The maximum atomic E-state index is 13.0. The average molecular weight is 435 g/mol. The van der Waals surface area contributed by atoms with Crippen molar-refractivity contribution in [1.82, 2.24) is 14.8 Å². The first-order chi connectivity index (χ1) is 14.4. The summed E-state index contributed by atoms with van der Waals surface area (Å²) in [6.07, 6.45) is -3.60. The Hall–Kier alpha value is -2.65. The fourth-order valence-corrected chi connectivity index (χ4v) is 4.04. The third-order valence-corrected chi connectivity index (χ3v) is 5.67. The number of hydrogen-bond donors (Lipinski definition) is 0. The molecule has 1 aromatic carbocycles. The van der Waals surface area contributed by atoms with Gasteiger partial charge in [-0.2, -0.15) is 13.2 Å². The first kappa shape index (κ1) is 20.6. The molecule has 0 spiro atoms. The summed E-state index contributed by atoms with van der Waals surface area (Å²) < 4.78 is 44.5. The van der Waals surface area contributed by atoms with Gasteiger partial charge in [0.1, 0.15) is 5.76 Å². The summed E-state index contributed by atoms with van der Waals surface area (Å²) in [6, 6.07) is 7.95. The first-order valence-electron chi connectivity index (χ1n) is 9.56. The second-order valence-corrected chi connectivity index (χ2v) is 7.86. The van der Waals surface area contributed by atoms with Crippen LogP contribution in [0.3, 0.4) is 0 Å². The Morgan fingerprint density at radius 2 is 2.00 bits per heavy atom. The van der Waals surface area contributed by atoms with Gasteiger partial charge in [-0.1, -0.05) is 12.1 Å². The molecular weight excluding hydrogens is 415 g/mol. The molecule has 0 aliphatic carbocycles. The molecule has 1 aliphatic heterocycles. The highest BCUT2D eigenvalue weighted by atomic mass is 32.1. The van der Waals surface area contributed by atoms with Crippen molar-refractivity contribution < 1.29 is 22.4 Å². The van der Waals surface area contributed by atoms with E-state index in [9.17, 15) is 18.0 Å². The van der Waals surface area contributed by atoms with Gasteiger partial charge < -0.3 is 9.32 Å². The summed E-state index contributed by atoms with van der Waals surface area (Å²) in [5.74, 6) is 0.128. The molecule has 3 heterocycles. The van der Waals surface area contributed by atoms with E-state index >= 15 is 0 Å². The van der Waals surface area contributed by atoms with E-state index in [1.54, 1.807) is 16.2 Å². The number of alkyl halides is 3. The van der Waals surface area contributed by atoms with Crippen LogP contribution in [-0.4, -0.2) is 46.9 Å². The van der Waals surface area contributed by atoms with Crippen LogP contribution >= 0.6 is 11.3 Å². The van der Waals surface area contributed by atoms with Crippen molar-refractivity contribution in [1.29, 1.82) is 0 Å². The summed E-state index contributed by atoms with van der Waals surface area (Å²) in [6.45, 7) is 3.51. The molecule has 0 bridgehead atoms. The van der Waals surface area contributed by atoms with Crippen LogP contribution in [-0.2, 0) is 12.7 Å². The van der Waals surface area contributed by atoms with E-state index in [4.69, 9.17) is 4.42 Å². The van der Waals surface area contributed by atoms with Gasteiger partial charge in [-0.25, -0.2) is 4.98 Å². The van der Waals surface area contributed by atoms with Gasteiger partial charge in [-0.05, 0) is 30.7 Å². The molecule has 0 saturated carbocycles. The van der Waals surface area contributed by atoms with Gasteiger partial charge in [0.05, 0.1) is 16.8 Å². The number of carbonyl (C=O) groups is 1. The van der Waals surface area contributed by atoms with Crippen molar-refractivity contribution in [3.63, 3.8) is 0 Å². The van der Waals surface area contributed by atoms with Crippen molar-refractivity contribution in [3.8, 4) is 11.3 Å². The quantitative estimate of drug-likeness (QED) is 0.592. The lowest BCUT2D eigenvalue weighted by molar-refractivity contribution is -0.137. The zero-order chi connectivity index (χ0) is 21.1. The molecule has 30 heavy (non-hydrogen) atoms. The van der Waals surface area contributed by atoms with Crippen LogP contribution in [0.1, 0.15) is 28.2 Å². The van der Waals surface area contributed by atoms with Crippen molar-refractivity contribution in [3.05, 3.63) is 64.3 Å². The van der Waals surface area contributed by atoms with E-state index in [-0.39, 0.29) is 23.0 Å². The summed E-state index contributed by atoms with van der Waals surface area (Å²) in [5, 5.41) is 2.02. The second-order valence-electron chi connectivity index (χ2n) is 7.14. The standard InChI is InChI=1S/C21H20F3N3O2S/c22-21(23,24)16-4-1-3-15(11-16)18-5-6-19(29-18)20(28)27-8-2-7-26(9-10-27)12-17-13-30-14-25-17/h1,3-6,11,13-14H,2,7-10,12H2. The Morgan fingerprint density at radius 1 is 1.13 bits per heavy atom. The van der Waals surface area contributed by atoms with Crippen molar-refractivity contribution >= 4 is 17.2 Å². The van der Waals surface area contributed by atoms with Crippen LogP contribution in [0.25, 0.3) is 11.3 Å². The lowest BCUT2D eigenvalue weighted by Gasteiger charge is -2.20.